The summed E-state index contributed by atoms with van der Waals surface area (Å²) in [5.41, 5.74) is 4.52. The molecule has 3 fully saturated rings. The van der Waals surface area contributed by atoms with Crippen molar-refractivity contribution < 1.29 is 17.6 Å². The largest absolute Gasteiger partial charge is 0.339 e. The second kappa shape index (κ2) is 12.1. The summed E-state index contributed by atoms with van der Waals surface area (Å²) in [6.45, 7) is 7.54. The zero-order chi connectivity index (χ0) is 33.1. The van der Waals surface area contributed by atoms with Crippen LogP contribution in [0.5, 0.6) is 0 Å². The molecule has 248 valence electrons. The number of nitrogens with zero attached hydrogens (tertiary/aromatic N) is 4. The number of rotatable bonds is 7. The maximum absolute atomic E-state index is 14.6. The van der Waals surface area contributed by atoms with E-state index < -0.39 is 10.0 Å². The maximum atomic E-state index is 14.6. The van der Waals surface area contributed by atoms with E-state index in [0.29, 0.717) is 55.2 Å². The zero-order valence-electron chi connectivity index (χ0n) is 27.5. The summed E-state index contributed by atoms with van der Waals surface area (Å²) in [7, 11) is -3.96. The molecule has 0 saturated carbocycles. The highest BCUT2D eigenvalue weighted by molar-refractivity contribution is 7.89. The predicted molar refractivity (Wildman–Crippen MR) is 181 cm³/mol. The van der Waals surface area contributed by atoms with Crippen molar-refractivity contribution in [2.75, 3.05) is 19.6 Å². The van der Waals surface area contributed by atoms with Crippen molar-refractivity contribution in [3.05, 3.63) is 94.6 Å². The monoisotopic (exact) mass is 657 g/mol. The molecule has 0 radical (unpaired) electrons. The minimum atomic E-state index is -3.96. The fraction of sp³-hybridized carbons (Fsp3) is 0.459. The first kappa shape index (κ1) is 32.0. The second-order valence-corrected chi connectivity index (χ2v) is 15.6. The van der Waals surface area contributed by atoms with Crippen molar-refractivity contribution >= 4 is 27.0 Å². The predicted octanol–water partition coefficient (Wildman–Crippen LogP) is 6.18. The molecule has 2 bridgehead atoms. The Morgan fingerprint density at radius 3 is 2.34 bits per heavy atom. The third-order valence-electron chi connectivity index (χ3n) is 11.4. The highest BCUT2D eigenvalue weighted by atomic mass is 32.2. The maximum Gasteiger partial charge on any atom is 0.254 e. The third-order valence-corrected chi connectivity index (χ3v) is 12.5. The smallest absolute Gasteiger partial charge is 0.254 e. The molecule has 3 aliphatic heterocycles. The van der Waals surface area contributed by atoms with Gasteiger partial charge in [0.2, 0.25) is 10.0 Å². The number of piperidine rings is 2. The number of carbonyl (C=O) groups excluding carboxylic acids is 1. The average molecular weight is 658 g/mol. The summed E-state index contributed by atoms with van der Waals surface area (Å²) in [6, 6.07) is 20.0. The number of fused-ring (bicyclic) bond motifs is 3. The van der Waals surface area contributed by atoms with Crippen LogP contribution in [-0.4, -0.2) is 65.4 Å². The summed E-state index contributed by atoms with van der Waals surface area (Å²) in [6.07, 6.45) is 6.90. The Morgan fingerprint density at radius 1 is 0.957 bits per heavy atom. The second-order valence-electron chi connectivity index (χ2n) is 14.0. The highest BCUT2D eigenvalue weighted by Gasteiger charge is 2.44. The molecule has 7 rings (SSSR count). The van der Waals surface area contributed by atoms with Gasteiger partial charge in [-0.2, -0.15) is 0 Å². The molecule has 4 heterocycles. The van der Waals surface area contributed by atoms with Gasteiger partial charge in [0.25, 0.3) is 5.91 Å². The van der Waals surface area contributed by atoms with Crippen molar-refractivity contribution in [3.63, 3.8) is 0 Å². The first-order chi connectivity index (χ1) is 22.4. The number of primary sulfonamides is 1. The van der Waals surface area contributed by atoms with E-state index in [0.717, 1.165) is 48.3 Å². The van der Waals surface area contributed by atoms with Gasteiger partial charge in [-0.3, -0.25) is 9.69 Å². The molecule has 4 aromatic rings. The Hall–Kier alpha value is -3.60. The number of sulfonamides is 1. The van der Waals surface area contributed by atoms with Gasteiger partial charge in [-0.25, -0.2) is 22.9 Å². The molecule has 47 heavy (non-hydrogen) atoms. The van der Waals surface area contributed by atoms with Gasteiger partial charge in [0.15, 0.2) is 0 Å². The molecule has 8 nitrogen and oxygen atoms in total. The van der Waals surface area contributed by atoms with E-state index in [1.807, 2.05) is 24.0 Å². The van der Waals surface area contributed by atoms with Gasteiger partial charge in [-0.05, 0) is 125 Å². The number of aromatic nitrogens is 2. The van der Waals surface area contributed by atoms with Crippen LogP contribution in [0.3, 0.4) is 0 Å². The van der Waals surface area contributed by atoms with Crippen LogP contribution in [0, 0.1) is 26.6 Å². The number of hydrogen-bond acceptors (Lipinski definition) is 5. The lowest BCUT2D eigenvalue weighted by molar-refractivity contribution is 0.0605. The number of para-hydroxylation sites is 2. The number of benzene rings is 3. The summed E-state index contributed by atoms with van der Waals surface area (Å²) < 4.78 is 41.5. The van der Waals surface area contributed by atoms with Crippen molar-refractivity contribution in [2.24, 2.45) is 5.14 Å². The van der Waals surface area contributed by atoms with Crippen LogP contribution in [0.1, 0.15) is 83.9 Å². The number of amides is 1. The van der Waals surface area contributed by atoms with Gasteiger partial charge < -0.3 is 9.47 Å². The highest BCUT2D eigenvalue weighted by Crippen LogP contribution is 2.45. The Bertz CT molecular complexity index is 1930. The van der Waals surface area contributed by atoms with Gasteiger partial charge in [-0.1, -0.05) is 30.3 Å². The average Bonchev–Trinajstić information content (AvgIpc) is 3.49. The summed E-state index contributed by atoms with van der Waals surface area (Å²) in [5.74, 6) is 0.660. The van der Waals surface area contributed by atoms with Crippen LogP contribution in [0.15, 0.2) is 65.6 Å². The molecular weight excluding hydrogens is 614 g/mol. The molecule has 10 heteroatoms. The molecule has 1 amide bonds. The van der Waals surface area contributed by atoms with Crippen LogP contribution >= 0.6 is 0 Å². The number of nitrogens with two attached hydrogens (primary N) is 1. The summed E-state index contributed by atoms with van der Waals surface area (Å²) >= 11 is 0. The van der Waals surface area contributed by atoms with Crippen LogP contribution in [0.4, 0.5) is 4.39 Å². The van der Waals surface area contributed by atoms with Crippen molar-refractivity contribution in [2.45, 2.75) is 94.2 Å². The standard InChI is InChI=1S/C37H44FN5O3S/c1-24-11-14-34(47(39,45)46)25(2)35(24)36(44)41-18-15-37(16-19-41,27-7-6-8-28(38)21-27)17-20-42-29-12-13-30(42)23-31(22-29)43-26(3)40-32-9-4-5-10-33(32)43/h4-11,14,21,29-31H,12-13,15-20,22-23H2,1-3H3,(H2,39,45,46). The molecule has 1 aromatic heterocycles. The van der Waals surface area contributed by atoms with Crippen LogP contribution < -0.4 is 5.14 Å². The van der Waals surface area contributed by atoms with E-state index in [1.54, 1.807) is 25.1 Å². The van der Waals surface area contributed by atoms with E-state index in [-0.39, 0.29) is 22.0 Å². The van der Waals surface area contributed by atoms with Crippen LogP contribution in [0.25, 0.3) is 11.0 Å². The summed E-state index contributed by atoms with van der Waals surface area (Å²) in [4.78, 5) is 23.2. The van der Waals surface area contributed by atoms with Gasteiger partial charge in [0, 0.05) is 36.8 Å². The number of halogens is 1. The summed E-state index contributed by atoms with van der Waals surface area (Å²) in [5, 5.41) is 5.46. The first-order valence-electron chi connectivity index (χ1n) is 16.8. The van der Waals surface area contributed by atoms with Gasteiger partial charge >= 0.3 is 0 Å². The number of imidazole rings is 1. The third kappa shape index (κ3) is 5.78. The molecule has 0 aliphatic carbocycles. The fourth-order valence-corrected chi connectivity index (χ4v) is 9.84. The Morgan fingerprint density at radius 2 is 1.66 bits per heavy atom. The molecule has 0 spiro atoms. The van der Waals surface area contributed by atoms with E-state index >= 15 is 0 Å². The minimum absolute atomic E-state index is 0.0210. The Kier molecular flexibility index (Phi) is 8.25. The van der Waals surface area contributed by atoms with E-state index in [1.165, 1.54) is 30.5 Å². The molecular formula is C37H44FN5O3S. The van der Waals surface area contributed by atoms with Crippen molar-refractivity contribution in [1.29, 1.82) is 0 Å². The molecule has 3 aliphatic rings. The van der Waals surface area contributed by atoms with Gasteiger partial charge in [0.05, 0.1) is 15.9 Å². The Balaban J connectivity index is 1.09. The molecule has 3 aromatic carbocycles. The molecule has 2 atom stereocenters. The number of carbonyl (C=O) groups is 1. The van der Waals surface area contributed by atoms with Gasteiger partial charge in [-0.15, -0.1) is 0 Å². The van der Waals surface area contributed by atoms with E-state index in [4.69, 9.17) is 10.1 Å². The topological polar surface area (TPSA) is 102 Å². The quantitative estimate of drug-likeness (QED) is 0.256. The Labute approximate surface area is 276 Å². The van der Waals surface area contributed by atoms with Crippen LogP contribution in [-0.2, 0) is 15.4 Å². The number of hydrogen-bond donors (Lipinski definition) is 1. The zero-order valence-corrected chi connectivity index (χ0v) is 28.3. The van der Waals surface area contributed by atoms with Crippen molar-refractivity contribution in [1.82, 2.24) is 19.4 Å². The van der Waals surface area contributed by atoms with Gasteiger partial charge in [0.1, 0.15) is 11.6 Å². The fourth-order valence-electron chi connectivity index (χ4n) is 9.05. The molecule has 3 saturated heterocycles. The normalized spacial score (nSPS) is 23.0. The molecule has 2 unspecified atom stereocenters. The van der Waals surface area contributed by atoms with E-state index in [9.17, 15) is 17.6 Å². The number of aryl methyl sites for hydroxylation is 2. The lowest BCUT2D eigenvalue weighted by Gasteiger charge is -2.46. The molecule has 2 N–H and O–H groups in total. The SMILES string of the molecule is Cc1ccc(S(N)(=O)=O)c(C)c1C(=O)N1CCC(CCN2C3CCC2CC(n2c(C)nc4ccccc42)C3)(c2cccc(F)c2)CC1. The van der Waals surface area contributed by atoms with E-state index in [2.05, 4.69) is 34.6 Å². The number of likely N-dealkylation sites (tertiary alicyclic amines) is 1. The lowest BCUT2D eigenvalue weighted by atomic mass is 9.70. The lowest BCUT2D eigenvalue weighted by Crippen LogP contribution is -2.49. The first-order valence-corrected chi connectivity index (χ1v) is 18.4. The van der Waals surface area contributed by atoms with Crippen molar-refractivity contribution in [3.8, 4) is 0 Å². The minimum Gasteiger partial charge on any atom is -0.339 e. The van der Waals surface area contributed by atoms with Crippen LogP contribution in [0.2, 0.25) is 0 Å².